The minimum absolute atomic E-state index is 0.0966. The Morgan fingerprint density at radius 1 is 1.09 bits per heavy atom. The Morgan fingerprint density at radius 3 is 2.62 bits per heavy atom. The molecule has 164 valence electrons. The van der Waals surface area contributed by atoms with Crippen LogP contribution in [0.1, 0.15) is 33.3 Å². The summed E-state index contributed by atoms with van der Waals surface area (Å²) in [5.41, 5.74) is 4.61. The van der Waals surface area contributed by atoms with Crippen molar-refractivity contribution >= 4 is 33.2 Å². The van der Waals surface area contributed by atoms with Gasteiger partial charge >= 0.3 is 0 Å². The number of benzene rings is 3. The average Bonchev–Trinajstić information content (AvgIpc) is 3.20. The fourth-order valence-electron chi connectivity index (χ4n) is 3.85. The SMILES string of the molecule is CCOc1cc2occ(-c3ccc4ccccc4c3)c2cc1/C(C)=C/C(=O)NCC(C)C. The molecule has 1 heterocycles. The van der Waals surface area contributed by atoms with Gasteiger partial charge in [-0.15, -0.1) is 0 Å². The van der Waals surface area contributed by atoms with Crippen LogP contribution in [-0.2, 0) is 4.79 Å². The van der Waals surface area contributed by atoms with Gasteiger partial charge in [-0.2, -0.15) is 0 Å². The van der Waals surface area contributed by atoms with Crippen molar-refractivity contribution in [2.45, 2.75) is 27.7 Å². The molecule has 0 unspecified atom stereocenters. The molecule has 0 saturated heterocycles. The Morgan fingerprint density at radius 2 is 1.88 bits per heavy atom. The number of nitrogens with one attached hydrogen (secondary N) is 1. The number of ether oxygens (including phenoxy) is 1. The molecule has 4 rings (SSSR count). The molecule has 0 saturated carbocycles. The van der Waals surface area contributed by atoms with Crippen LogP contribution in [0, 0.1) is 5.92 Å². The van der Waals surface area contributed by atoms with Crippen molar-refractivity contribution in [2.75, 3.05) is 13.2 Å². The number of allylic oxidation sites excluding steroid dienone is 1. The molecule has 1 amide bonds. The first kappa shape index (κ1) is 21.7. The van der Waals surface area contributed by atoms with Crippen LogP contribution in [0.3, 0.4) is 0 Å². The maximum absolute atomic E-state index is 12.4. The number of rotatable bonds is 7. The van der Waals surface area contributed by atoms with E-state index in [2.05, 4.69) is 55.6 Å². The molecule has 32 heavy (non-hydrogen) atoms. The summed E-state index contributed by atoms with van der Waals surface area (Å²) in [5, 5.41) is 6.33. The van der Waals surface area contributed by atoms with Crippen molar-refractivity contribution < 1.29 is 13.9 Å². The number of hydrogen-bond donors (Lipinski definition) is 1. The van der Waals surface area contributed by atoms with Crippen molar-refractivity contribution in [1.82, 2.24) is 5.32 Å². The summed E-state index contributed by atoms with van der Waals surface area (Å²) in [7, 11) is 0. The number of fused-ring (bicyclic) bond motifs is 2. The summed E-state index contributed by atoms with van der Waals surface area (Å²) in [6.07, 6.45) is 3.44. The second-order valence-electron chi connectivity index (χ2n) is 8.46. The first-order valence-electron chi connectivity index (χ1n) is 11.1. The molecular formula is C28H29NO3. The maximum Gasteiger partial charge on any atom is 0.244 e. The summed E-state index contributed by atoms with van der Waals surface area (Å²) in [5.74, 6) is 1.02. The number of carbonyl (C=O) groups is 1. The van der Waals surface area contributed by atoms with Gasteiger partial charge in [-0.05, 0) is 53.8 Å². The van der Waals surface area contributed by atoms with Crippen LogP contribution in [0.5, 0.6) is 5.75 Å². The molecule has 4 heteroatoms. The highest BCUT2D eigenvalue weighted by atomic mass is 16.5. The Bertz CT molecular complexity index is 1300. The van der Waals surface area contributed by atoms with E-state index in [0.29, 0.717) is 24.8 Å². The second kappa shape index (κ2) is 9.31. The third kappa shape index (κ3) is 4.54. The smallest absolute Gasteiger partial charge is 0.244 e. The van der Waals surface area contributed by atoms with Crippen molar-refractivity contribution in [3.05, 3.63) is 72.5 Å². The molecule has 3 aromatic carbocycles. The zero-order chi connectivity index (χ0) is 22.7. The minimum atomic E-state index is -0.0966. The van der Waals surface area contributed by atoms with Gasteiger partial charge in [0, 0.05) is 35.2 Å². The standard InChI is InChI=1S/C28H29NO3/c1-5-31-26-15-27-24(14-23(26)19(4)12-28(30)29-16-18(2)3)25(17-32-27)22-11-10-20-8-6-7-9-21(20)13-22/h6-15,17-18H,5,16H2,1-4H3,(H,29,30)/b19-12+. The summed E-state index contributed by atoms with van der Waals surface area (Å²) < 4.78 is 11.8. The fraction of sp³-hybridized carbons (Fsp3) is 0.250. The van der Waals surface area contributed by atoms with E-state index in [-0.39, 0.29) is 5.91 Å². The van der Waals surface area contributed by atoms with E-state index in [1.54, 1.807) is 12.3 Å². The van der Waals surface area contributed by atoms with Gasteiger partial charge in [0.1, 0.15) is 11.3 Å². The van der Waals surface area contributed by atoms with Gasteiger partial charge in [0.2, 0.25) is 5.91 Å². The van der Waals surface area contributed by atoms with E-state index < -0.39 is 0 Å². The van der Waals surface area contributed by atoms with Gasteiger partial charge in [0.05, 0.1) is 12.9 Å². The molecule has 0 radical (unpaired) electrons. The highest BCUT2D eigenvalue weighted by Gasteiger charge is 2.15. The summed E-state index contributed by atoms with van der Waals surface area (Å²) in [6.45, 7) is 9.22. The molecule has 0 spiro atoms. The van der Waals surface area contributed by atoms with E-state index in [1.807, 2.05) is 32.0 Å². The third-order valence-corrected chi connectivity index (χ3v) is 5.49. The van der Waals surface area contributed by atoms with E-state index in [4.69, 9.17) is 9.15 Å². The van der Waals surface area contributed by atoms with E-state index in [0.717, 1.165) is 33.2 Å². The Kier molecular flexibility index (Phi) is 6.31. The number of amides is 1. The molecule has 1 N–H and O–H groups in total. The lowest BCUT2D eigenvalue weighted by Crippen LogP contribution is -2.25. The highest BCUT2D eigenvalue weighted by molar-refractivity contribution is 6.01. The van der Waals surface area contributed by atoms with Crippen molar-refractivity contribution in [3.8, 4) is 16.9 Å². The van der Waals surface area contributed by atoms with Crippen LogP contribution in [0.25, 0.3) is 38.4 Å². The lowest BCUT2D eigenvalue weighted by molar-refractivity contribution is -0.116. The zero-order valence-electron chi connectivity index (χ0n) is 19.1. The zero-order valence-corrected chi connectivity index (χ0v) is 19.1. The molecular weight excluding hydrogens is 398 g/mol. The number of carbonyl (C=O) groups excluding carboxylic acids is 1. The Hall–Kier alpha value is -3.53. The summed E-state index contributed by atoms with van der Waals surface area (Å²) >= 11 is 0. The summed E-state index contributed by atoms with van der Waals surface area (Å²) in [4.78, 5) is 12.4. The van der Waals surface area contributed by atoms with Crippen LogP contribution in [0.2, 0.25) is 0 Å². The Labute approximate surface area is 188 Å². The normalized spacial score (nSPS) is 12.0. The van der Waals surface area contributed by atoms with Gasteiger partial charge in [0.25, 0.3) is 0 Å². The summed E-state index contributed by atoms with van der Waals surface area (Å²) in [6, 6.07) is 18.7. The van der Waals surface area contributed by atoms with Crippen molar-refractivity contribution in [3.63, 3.8) is 0 Å². The van der Waals surface area contributed by atoms with E-state index in [9.17, 15) is 4.79 Å². The quantitative estimate of drug-likeness (QED) is 0.329. The second-order valence-corrected chi connectivity index (χ2v) is 8.46. The predicted octanol–water partition coefficient (Wildman–Crippen LogP) is 6.83. The largest absolute Gasteiger partial charge is 0.493 e. The maximum atomic E-state index is 12.4. The van der Waals surface area contributed by atoms with Crippen LogP contribution < -0.4 is 10.1 Å². The molecule has 0 aliphatic carbocycles. The van der Waals surface area contributed by atoms with Gasteiger partial charge in [0.15, 0.2) is 0 Å². The molecule has 0 fully saturated rings. The van der Waals surface area contributed by atoms with E-state index >= 15 is 0 Å². The molecule has 0 aliphatic rings. The number of furan rings is 1. The van der Waals surface area contributed by atoms with Gasteiger partial charge in [-0.25, -0.2) is 0 Å². The lowest BCUT2D eigenvalue weighted by atomic mass is 9.97. The topological polar surface area (TPSA) is 51.5 Å². The highest BCUT2D eigenvalue weighted by Crippen LogP contribution is 2.38. The molecule has 0 aliphatic heterocycles. The molecule has 4 nitrogen and oxygen atoms in total. The molecule has 1 aromatic heterocycles. The minimum Gasteiger partial charge on any atom is -0.493 e. The molecule has 0 bridgehead atoms. The van der Waals surface area contributed by atoms with Crippen LogP contribution >= 0.6 is 0 Å². The van der Waals surface area contributed by atoms with Crippen LogP contribution in [0.4, 0.5) is 0 Å². The first-order valence-corrected chi connectivity index (χ1v) is 11.1. The number of hydrogen-bond acceptors (Lipinski definition) is 3. The monoisotopic (exact) mass is 427 g/mol. The predicted molar refractivity (Wildman–Crippen MR) is 132 cm³/mol. The third-order valence-electron chi connectivity index (χ3n) is 5.49. The van der Waals surface area contributed by atoms with Crippen molar-refractivity contribution in [2.24, 2.45) is 5.92 Å². The lowest BCUT2D eigenvalue weighted by Gasteiger charge is -2.12. The average molecular weight is 428 g/mol. The van der Waals surface area contributed by atoms with Crippen LogP contribution in [-0.4, -0.2) is 19.1 Å². The van der Waals surface area contributed by atoms with Gasteiger partial charge in [-0.3, -0.25) is 4.79 Å². The fourth-order valence-corrected chi connectivity index (χ4v) is 3.85. The van der Waals surface area contributed by atoms with Gasteiger partial charge < -0.3 is 14.5 Å². The van der Waals surface area contributed by atoms with Crippen LogP contribution in [0.15, 0.2) is 71.4 Å². The van der Waals surface area contributed by atoms with Gasteiger partial charge in [-0.1, -0.05) is 50.2 Å². The molecule has 0 atom stereocenters. The van der Waals surface area contributed by atoms with Crippen molar-refractivity contribution in [1.29, 1.82) is 0 Å². The van der Waals surface area contributed by atoms with E-state index in [1.165, 1.54) is 10.8 Å². The first-order chi connectivity index (χ1) is 15.5. The molecule has 4 aromatic rings. The Balaban J connectivity index is 1.78.